The van der Waals surface area contributed by atoms with Crippen molar-refractivity contribution in [1.82, 2.24) is 9.97 Å². The zero-order valence-electron chi connectivity index (χ0n) is 11.8. The Bertz CT molecular complexity index is 825. The summed E-state index contributed by atoms with van der Waals surface area (Å²) in [6, 6.07) is 10.3. The number of pyridine rings is 2. The monoisotopic (exact) mass is 338 g/mol. The predicted octanol–water partition coefficient (Wildman–Crippen LogP) is 4.93. The summed E-state index contributed by atoms with van der Waals surface area (Å²) in [6.07, 6.45) is 6.28. The van der Waals surface area contributed by atoms with Gasteiger partial charge in [0, 0.05) is 28.7 Å². The molecule has 0 fully saturated rings. The molecular weight excluding hydrogens is 324 g/mol. The van der Waals surface area contributed by atoms with E-state index in [4.69, 9.17) is 0 Å². The van der Waals surface area contributed by atoms with Crippen LogP contribution in [-0.4, -0.2) is 9.97 Å². The van der Waals surface area contributed by atoms with Crippen molar-refractivity contribution >= 4 is 32.9 Å². The maximum absolute atomic E-state index is 4.55. The summed E-state index contributed by atoms with van der Waals surface area (Å²) in [5.74, 6) is 0. The minimum Gasteiger partial charge on any atom is -0.259 e. The Hall–Kier alpha value is -2.00. The highest BCUT2D eigenvalue weighted by Crippen LogP contribution is 2.24. The van der Waals surface area contributed by atoms with Crippen molar-refractivity contribution < 1.29 is 0 Å². The summed E-state index contributed by atoms with van der Waals surface area (Å²) < 4.78 is 1.13. The van der Waals surface area contributed by atoms with E-state index < -0.39 is 0 Å². The average Bonchev–Trinajstić information content (AvgIpc) is 2.51. The number of nitrogens with zero attached hydrogens (tertiary/aromatic N) is 2. The van der Waals surface area contributed by atoms with E-state index in [1.54, 1.807) is 0 Å². The molecule has 0 aliphatic carbocycles. The van der Waals surface area contributed by atoms with E-state index in [9.17, 15) is 0 Å². The quantitative estimate of drug-likeness (QED) is 0.676. The fourth-order valence-corrected chi connectivity index (χ4v) is 2.81. The van der Waals surface area contributed by atoms with Gasteiger partial charge >= 0.3 is 0 Å². The van der Waals surface area contributed by atoms with Crippen LogP contribution in [0.25, 0.3) is 17.0 Å². The normalized spacial score (nSPS) is 10.8. The van der Waals surface area contributed by atoms with Gasteiger partial charge in [0.05, 0.1) is 11.2 Å². The average molecular weight is 339 g/mol. The van der Waals surface area contributed by atoms with Gasteiger partial charge in [-0.25, -0.2) is 0 Å². The summed E-state index contributed by atoms with van der Waals surface area (Å²) in [4.78, 5) is 9.08. The van der Waals surface area contributed by atoms with Gasteiger partial charge in [0.25, 0.3) is 0 Å². The van der Waals surface area contributed by atoms with Crippen molar-refractivity contribution in [3.8, 4) is 0 Å². The van der Waals surface area contributed by atoms with Gasteiger partial charge in [0.15, 0.2) is 0 Å². The maximum atomic E-state index is 4.55. The number of benzene rings is 1. The molecule has 0 spiro atoms. The number of fused-ring (bicyclic) bond motifs is 1. The number of hydrogen-bond acceptors (Lipinski definition) is 2. The zero-order valence-corrected chi connectivity index (χ0v) is 13.4. The first-order chi connectivity index (χ1) is 10.2. The second kappa shape index (κ2) is 5.78. The van der Waals surface area contributed by atoms with Gasteiger partial charge in [-0.05, 0) is 41.8 Å². The predicted molar refractivity (Wildman–Crippen MR) is 91.3 cm³/mol. The van der Waals surface area contributed by atoms with Crippen LogP contribution in [0, 0.1) is 6.92 Å². The number of halogens is 1. The molecule has 21 heavy (non-hydrogen) atoms. The Balaban J connectivity index is 2.08. The lowest BCUT2D eigenvalue weighted by Gasteiger charge is -2.09. The molecule has 0 bridgehead atoms. The smallest absolute Gasteiger partial charge is 0.0921 e. The van der Waals surface area contributed by atoms with Crippen LogP contribution in [0.4, 0.5) is 0 Å². The second-order valence-corrected chi connectivity index (χ2v) is 5.86. The van der Waals surface area contributed by atoms with Crippen molar-refractivity contribution in [2.75, 3.05) is 0 Å². The summed E-state index contributed by atoms with van der Waals surface area (Å²) in [5, 5.41) is 1.10. The van der Waals surface area contributed by atoms with Gasteiger partial charge < -0.3 is 0 Å². The molecule has 0 radical (unpaired) electrons. The summed E-state index contributed by atoms with van der Waals surface area (Å²) in [6.45, 7) is 5.91. The third kappa shape index (κ3) is 2.74. The Labute approximate surface area is 132 Å². The van der Waals surface area contributed by atoms with Crippen LogP contribution in [-0.2, 0) is 6.42 Å². The molecule has 0 amide bonds. The SMILES string of the molecule is C=Cc1cnc2c(Cc3cccc(Br)c3C)nccc2c1. The van der Waals surface area contributed by atoms with E-state index in [1.165, 1.54) is 11.1 Å². The minimum atomic E-state index is 0.781. The van der Waals surface area contributed by atoms with Crippen LogP contribution in [0.2, 0.25) is 0 Å². The first-order valence-corrected chi connectivity index (χ1v) is 7.58. The number of aromatic nitrogens is 2. The van der Waals surface area contributed by atoms with Crippen molar-refractivity contribution in [1.29, 1.82) is 0 Å². The largest absolute Gasteiger partial charge is 0.259 e. The Morgan fingerprint density at radius 3 is 2.90 bits per heavy atom. The first kappa shape index (κ1) is 14.0. The van der Waals surface area contributed by atoms with Crippen LogP contribution in [0.5, 0.6) is 0 Å². The van der Waals surface area contributed by atoms with Crippen LogP contribution >= 0.6 is 15.9 Å². The Morgan fingerprint density at radius 1 is 1.24 bits per heavy atom. The molecule has 0 N–H and O–H groups in total. The Kier molecular flexibility index (Phi) is 3.84. The maximum Gasteiger partial charge on any atom is 0.0921 e. The molecular formula is C18H15BrN2. The highest BCUT2D eigenvalue weighted by atomic mass is 79.9. The van der Waals surface area contributed by atoms with Gasteiger partial charge in [-0.2, -0.15) is 0 Å². The summed E-state index contributed by atoms with van der Waals surface area (Å²) >= 11 is 3.58. The lowest BCUT2D eigenvalue weighted by atomic mass is 10.0. The molecule has 0 atom stereocenters. The van der Waals surface area contributed by atoms with Gasteiger partial charge in [0.1, 0.15) is 0 Å². The van der Waals surface area contributed by atoms with Gasteiger partial charge in [-0.1, -0.05) is 40.7 Å². The van der Waals surface area contributed by atoms with E-state index in [-0.39, 0.29) is 0 Å². The molecule has 0 saturated heterocycles. The second-order valence-electron chi connectivity index (χ2n) is 5.00. The molecule has 0 unspecified atom stereocenters. The van der Waals surface area contributed by atoms with Crippen LogP contribution in [0.15, 0.2) is 53.8 Å². The van der Waals surface area contributed by atoms with Crippen molar-refractivity contribution in [3.05, 3.63) is 76.2 Å². The van der Waals surface area contributed by atoms with E-state index in [2.05, 4.69) is 63.7 Å². The van der Waals surface area contributed by atoms with Crippen LogP contribution in [0.1, 0.15) is 22.4 Å². The molecule has 2 aromatic heterocycles. The summed E-state index contributed by atoms with van der Waals surface area (Å²) in [7, 11) is 0. The van der Waals surface area contributed by atoms with E-state index in [0.717, 1.165) is 33.1 Å². The summed E-state index contributed by atoms with van der Waals surface area (Å²) in [5.41, 5.74) is 5.50. The van der Waals surface area contributed by atoms with E-state index in [0.29, 0.717) is 0 Å². The minimum absolute atomic E-state index is 0.781. The standard InChI is InChI=1S/C18H15BrN2/c1-3-13-9-15-7-8-20-17(18(15)21-11-13)10-14-5-4-6-16(19)12(14)2/h3-9,11H,1,10H2,2H3. The molecule has 2 nitrogen and oxygen atoms in total. The molecule has 0 saturated carbocycles. The van der Waals surface area contributed by atoms with E-state index >= 15 is 0 Å². The molecule has 2 heterocycles. The molecule has 3 aromatic rings. The third-order valence-electron chi connectivity index (χ3n) is 3.67. The fraction of sp³-hybridized carbons (Fsp3) is 0.111. The fourth-order valence-electron chi connectivity index (χ4n) is 2.40. The first-order valence-electron chi connectivity index (χ1n) is 6.79. The molecule has 3 heteroatoms. The number of hydrogen-bond donors (Lipinski definition) is 0. The van der Waals surface area contributed by atoms with Crippen molar-refractivity contribution in [3.63, 3.8) is 0 Å². The topological polar surface area (TPSA) is 25.8 Å². The molecule has 0 aliphatic rings. The van der Waals surface area contributed by atoms with Gasteiger partial charge in [0.2, 0.25) is 0 Å². The highest BCUT2D eigenvalue weighted by molar-refractivity contribution is 9.10. The number of rotatable bonds is 3. The van der Waals surface area contributed by atoms with Crippen molar-refractivity contribution in [2.24, 2.45) is 0 Å². The molecule has 1 aromatic carbocycles. The van der Waals surface area contributed by atoms with Crippen LogP contribution in [0.3, 0.4) is 0 Å². The van der Waals surface area contributed by atoms with Crippen LogP contribution < -0.4 is 0 Å². The zero-order chi connectivity index (χ0) is 14.8. The molecule has 3 rings (SSSR count). The van der Waals surface area contributed by atoms with Crippen molar-refractivity contribution in [2.45, 2.75) is 13.3 Å². The third-order valence-corrected chi connectivity index (χ3v) is 4.53. The highest BCUT2D eigenvalue weighted by Gasteiger charge is 2.08. The molecule has 0 aliphatic heterocycles. The Morgan fingerprint density at radius 2 is 2.10 bits per heavy atom. The van der Waals surface area contributed by atoms with Gasteiger partial charge in [-0.3, -0.25) is 9.97 Å². The molecule has 104 valence electrons. The lowest BCUT2D eigenvalue weighted by molar-refractivity contribution is 1.06. The van der Waals surface area contributed by atoms with E-state index in [1.807, 2.05) is 24.5 Å². The lowest BCUT2D eigenvalue weighted by Crippen LogP contribution is -1.98. The van der Waals surface area contributed by atoms with Gasteiger partial charge in [-0.15, -0.1) is 0 Å².